The number of Topliss-reactive ketones (excluding diaryl/α,β-unsaturated/α-hetero) is 1. The summed E-state index contributed by atoms with van der Waals surface area (Å²) in [7, 11) is 1.37. The van der Waals surface area contributed by atoms with Gasteiger partial charge in [0, 0.05) is 30.1 Å². The van der Waals surface area contributed by atoms with Crippen LogP contribution in [0.2, 0.25) is 0 Å². The zero-order valence-electron chi connectivity index (χ0n) is 13.2. The summed E-state index contributed by atoms with van der Waals surface area (Å²) in [5, 5.41) is 0. The molecule has 4 nitrogen and oxygen atoms in total. The van der Waals surface area contributed by atoms with Crippen LogP contribution in [0.25, 0.3) is 0 Å². The second-order valence-corrected chi connectivity index (χ2v) is 5.93. The Morgan fingerprint density at radius 2 is 1.48 bits per heavy atom. The maximum Gasteiger partial charge on any atom is 0.310 e. The van der Waals surface area contributed by atoms with E-state index in [-0.39, 0.29) is 29.5 Å². The average molecular weight is 309 g/mol. The molecule has 1 heterocycles. The van der Waals surface area contributed by atoms with E-state index in [1.165, 1.54) is 7.11 Å². The molecule has 0 spiro atoms. The molecule has 2 aromatic rings. The van der Waals surface area contributed by atoms with Crippen molar-refractivity contribution in [3.63, 3.8) is 0 Å². The van der Waals surface area contributed by atoms with E-state index in [1.54, 1.807) is 19.3 Å². The first kappa shape index (κ1) is 15.4. The Kier molecular flexibility index (Phi) is 4.24. The third-order valence-corrected chi connectivity index (χ3v) is 4.77. The van der Waals surface area contributed by atoms with Crippen molar-refractivity contribution < 1.29 is 14.3 Å². The number of ether oxygens (including phenoxy) is 1. The molecule has 1 aromatic heterocycles. The summed E-state index contributed by atoms with van der Waals surface area (Å²) >= 11 is 0. The Bertz CT molecular complexity index is 699. The van der Waals surface area contributed by atoms with Gasteiger partial charge >= 0.3 is 5.97 Å². The molecule has 1 aromatic carbocycles. The maximum absolute atomic E-state index is 12.3. The van der Waals surface area contributed by atoms with Gasteiger partial charge in [0.25, 0.3) is 0 Å². The minimum absolute atomic E-state index is 0.0137. The minimum atomic E-state index is -0.440. The van der Waals surface area contributed by atoms with Gasteiger partial charge < -0.3 is 4.74 Å². The lowest BCUT2D eigenvalue weighted by molar-refractivity contribution is -0.158. The van der Waals surface area contributed by atoms with Gasteiger partial charge in [0.15, 0.2) is 0 Å². The number of carbonyl (C=O) groups excluding carboxylic acids is 2. The normalized spacial score (nSPS) is 26.2. The quantitative estimate of drug-likeness (QED) is 0.815. The predicted molar refractivity (Wildman–Crippen MR) is 85.8 cm³/mol. The van der Waals surface area contributed by atoms with Crippen molar-refractivity contribution in [3.8, 4) is 0 Å². The fraction of sp³-hybridized carbons (Fsp3) is 0.316. The Balaban J connectivity index is 2.06. The molecule has 4 atom stereocenters. The number of carbonyl (C=O) groups is 2. The smallest absolute Gasteiger partial charge is 0.310 e. The zero-order chi connectivity index (χ0) is 16.4. The molecule has 1 aliphatic carbocycles. The first-order valence-corrected chi connectivity index (χ1v) is 7.68. The molecular formula is C19H19NO3. The number of hydrogen-bond donors (Lipinski definition) is 0. The van der Waals surface area contributed by atoms with Gasteiger partial charge in [-0.2, -0.15) is 0 Å². The summed E-state index contributed by atoms with van der Waals surface area (Å²) < 4.78 is 4.96. The highest BCUT2D eigenvalue weighted by molar-refractivity contribution is 5.89. The molecule has 0 amide bonds. The van der Waals surface area contributed by atoms with Gasteiger partial charge in [0.2, 0.25) is 0 Å². The lowest BCUT2D eigenvalue weighted by atomic mass is 9.51. The van der Waals surface area contributed by atoms with Gasteiger partial charge in [-0.3, -0.25) is 14.6 Å². The Morgan fingerprint density at radius 1 is 0.913 bits per heavy atom. The fourth-order valence-electron chi connectivity index (χ4n) is 3.77. The van der Waals surface area contributed by atoms with Crippen LogP contribution in [-0.2, 0) is 14.3 Å². The summed E-state index contributed by atoms with van der Waals surface area (Å²) in [5.74, 6) is -1.16. The summed E-state index contributed by atoms with van der Waals surface area (Å²) in [6, 6.07) is 13.7. The SMILES string of the molecule is COC(=O)[C@H]1[C@H](C(C)=O)[C@@H](c2ccccc2)[C@@H]1c1ccncc1. The highest BCUT2D eigenvalue weighted by atomic mass is 16.5. The molecule has 23 heavy (non-hydrogen) atoms. The monoisotopic (exact) mass is 309 g/mol. The van der Waals surface area contributed by atoms with Crippen LogP contribution in [0.3, 0.4) is 0 Å². The largest absolute Gasteiger partial charge is 0.469 e. The van der Waals surface area contributed by atoms with E-state index >= 15 is 0 Å². The molecule has 1 aliphatic rings. The van der Waals surface area contributed by atoms with Crippen molar-refractivity contribution in [1.82, 2.24) is 4.98 Å². The van der Waals surface area contributed by atoms with E-state index in [2.05, 4.69) is 4.98 Å². The zero-order valence-corrected chi connectivity index (χ0v) is 13.2. The van der Waals surface area contributed by atoms with Gasteiger partial charge in [0.1, 0.15) is 5.78 Å². The maximum atomic E-state index is 12.3. The molecule has 0 radical (unpaired) electrons. The lowest BCUT2D eigenvalue weighted by Crippen LogP contribution is -2.51. The second kappa shape index (κ2) is 6.32. The Morgan fingerprint density at radius 3 is 2.04 bits per heavy atom. The minimum Gasteiger partial charge on any atom is -0.469 e. The van der Waals surface area contributed by atoms with Crippen molar-refractivity contribution in [2.24, 2.45) is 11.8 Å². The number of aromatic nitrogens is 1. The average Bonchev–Trinajstić information content (AvgIpc) is 2.55. The van der Waals surface area contributed by atoms with Crippen LogP contribution in [0.5, 0.6) is 0 Å². The number of hydrogen-bond acceptors (Lipinski definition) is 4. The number of nitrogens with zero attached hydrogens (tertiary/aromatic N) is 1. The first-order valence-electron chi connectivity index (χ1n) is 7.68. The van der Waals surface area contributed by atoms with E-state index in [0.29, 0.717) is 0 Å². The van der Waals surface area contributed by atoms with Crippen molar-refractivity contribution in [3.05, 3.63) is 66.0 Å². The number of ketones is 1. The number of esters is 1. The van der Waals surface area contributed by atoms with Gasteiger partial charge in [-0.15, -0.1) is 0 Å². The second-order valence-electron chi connectivity index (χ2n) is 5.93. The van der Waals surface area contributed by atoms with Crippen molar-refractivity contribution in [1.29, 1.82) is 0 Å². The molecule has 118 valence electrons. The van der Waals surface area contributed by atoms with E-state index in [0.717, 1.165) is 11.1 Å². The van der Waals surface area contributed by atoms with Crippen LogP contribution in [-0.4, -0.2) is 23.8 Å². The predicted octanol–water partition coefficient (Wildman–Crippen LogP) is 2.96. The Hall–Kier alpha value is -2.49. The standard InChI is InChI=1S/C19H19NO3/c1-12(21)15-16(13-6-4-3-5-7-13)17(18(15)19(22)23-2)14-8-10-20-11-9-14/h3-11,15-18H,1-2H3/t15-,16-,17+,18+/m1/s1. The highest BCUT2D eigenvalue weighted by Gasteiger charge is 2.57. The number of rotatable bonds is 4. The van der Waals surface area contributed by atoms with Crippen molar-refractivity contribution in [2.75, 3.05) is 7.11 Å². The summed E-state index contributed by atoms with van der Waals surface area (Å²) in [5.41, 5.74) is 2.09. The van der Waals surface area contributed by atoms with Crippen LogP contribution in [0.1, 0.15) is 29.9 Å². The molecule has 1 saturated carbocycles. The summed E-state index contributed by atoms with van der Waals surface area (Å²) in [4.78, 5) is 28.5. The van der Waals surface area contributed by atoms with Crippen molar-refractivity contribution in [2.45, 2.75) is 18.8 Å². The van der Waals surface area contributed by atoms with Crippen LogP contribution in [0.15, 0.2) is 54.9 Å². The molecule has 3 rings (SSSR count). The molecule has 1 fully saturated rings. The fourth-order valence-corrected chi connectivity index (χ4v) is 3.77. The first-order chi connectivity index (χ1) is 11.1. The van der Waals surface area contributed by atoms with Crippen LogP contribution in [0, 0.1) is 11.8 Å². The molecule has 0 unspecified atom stereocenters. The number of benzene rings is 1. The summed E-state index contributed by atoms with van der Waals surface area (Å²) in [6.45, 7) is 1.55. The van der Waals surface area contributed by atoms with Gasteiger partial charge in [-0.05, 0) is 30.2 Å². The molecule has 4 heteroatoms. The van der Waals surface area contributed by atoms with Gasteiger partial charge in [-0.25, -0.2) is 0 Å². The molecule has 0 bridgehead atoms. The van der Waals surface area contributed by atoms with E-state index in [1.807, 2.05) is 42.5 Å². The Labute approximate surface area is 135 Å². The van der Waals surface area contributed by atoms with Crippen LogP contribution < -0.4 is 0 Å². The highest BCUT2D eigenvalue weighted by Crippen LogP contribution is 2.58. The van der Waals surface area contributed by atoms with Crippen molar-refractivity contribution >= 4 is 11.8 Å². The molecule has 0 saturated heterocycles. The van der Waals surface area contributed by atoms with Gasteiger partial charge in [-0.1, -0.05) is 30.3 Å². The number of methoxy groups -OCH3 is 1. The van der Waals surface area contributed by atoms with E-state index in [4.69, 9.17) is 4.74 Å². The summed E-state index contributed by atoms with van der Waals surface area (Å²) in [6.07, 6.45) is 3.43. The third-order valence-electron chi connectivity index (χ3n) is 4.77. The van der Waals surface area contributed by atoms with E-state index in [9.17, 15) is 9.59 Å². The molecular weight excluding hydrogens is 290 g/mol. The van der Waals surface area contributed by atoms with Crippen LogP contribution in [0.4, 0.5) is 0 Å². The molecule has 0 aliphatic heterocycles. The van der Waals surface area contributed by atoms with Crippen LogP contribution >= 0.6 is 0 Å². The lowest BCUT2D eigenvalue weighted by Gasteiger charge is -2.50. The number of pyridine rings is 1. The topological polar surface area (TPSA) is 56.3 Å². The third kappa shape index (κ3) is 2.65. The van der Waals surface area contributed by atoms with Gasteiger partial charge in [0.05, 0.1) is 13.0 Å². The van der Waals surface area contributed by atoms with E-state index < -0.39 is 5.92 Å². The molecule has 0 N–H and O–H groups in total.